The fourth-order valence-corrected chi connectivity index (χ4v) is 1.33. The summed E-state index contributed by atoms with van der Waals surface area (Å²) in [5, 5.41) is 9.27. The normalized spacial score (nSPS) is 16.5. The zero-order valence-corrected chi connectivity index (χ0v) is 8.93. The molecule has 0 aliphatic heterocycles. The van der Waals surface area contributed by atoms with Crippen LogP contribution in [0.4, 0.5) is 0 Å². The van der Waals surface area contributed by atoms with Gasteiger partial charge in [0.15, 0.2) is 0 Å². The molecule has 1 unspecified atom stereocenters. The second-order valence-electron chi connectivity index (χ2n) is 3.77. The molecule has 0 saturated heterocycles. The first-order valence-electron chi connectivity index (χ1n) is 4.92. The molecule has 0 bridgehead atoms. The van der Waals surface area contributed by atoms with Crippen LogP contribution in [-0.4, -0.2) is 35.7 Å². The van der Waals surface area contributed by atoms with Crippen molar-refractivity contribution < 1.29 is 5.11 Å². The van der Waals surface area contributed by atoms with Gasteiger partial charge in [0.1, 0.15) is 0 Å². The molecule has 0 fully saturated rings. The molecule has 0 aliphatic carbocycles. The molecular weight excluding hydrogens is 150 g/mol. The van der Waals surface area contributed by atoms with E-state index >= 15 is 0 Å². The number of aliphatic hydroxyl groups excluding tert-OH is 1. The molecule has 0 spiro atoms. The lowest BCUT2D eigenvalue weighted by Gasteiger charge is -2.36. The zero-order chi connectivity index (χ0) is 9.61. The molecule has 12 heavy (non-hydrogen) atoms. The van der Waals surface area contributed by atoms with Crippen molar-refractivity contribution in [1.29, 1.82) is 0 Å². The summed E-state index contributed by atoms with van der Waals surface area (Å²) in [5.41, 5.74) is -0.00917. The highest BCUT2D eigenvalue weighted by Crippen LogP contribution is 2.19. The Bertz CT molecular complexity index is 116. The SMILES string of the molecule is CCCCC(C)(CO)N(C)CC. The van der Waals surface area contributed by atoms with E-state index in [2.05, 4.69) is 32.7 Å². The van der Waals surface area contributed by atoms with Crippen molar-refractivity contribution in [1.82, 2.24) is 4.90 Å². The number of hydrogen-bond donors (Lipinski definition) is 1. The van der Waals surface area contributed by atoms with Gasteiger partial charge >= 0.3 is 0 Å². The standard InChI is InChI=1S/C10H23NO/c1-5-7-8-10(3,9-12)11(4)6-2/h12H,5-9H2,1-4H3. The lowest BCUT2D eigenvalue weighted by molar-refractivity contribution is 0.0587. The fraction of sp³-hybridized carbons (Fsp3) is 1.00. The summed E-state index contributed by atoms with van der Waals surface area (Å²) >= 11 is 0. The first-order chi connectivity index (χ1) is 5.60. The van der Waals surface area contributed by atoms with E-state index in [-0.39, 0.29) is 12.1 Å². The van der Waals surface area contributed by atoms with Gasteiger partial charge in [-0.25, -0.2) is 0 Å². The molecule has 74 valence electrons. The van der Waals surface area contributed by atoms with Crippen molar-refractivity contribution in [2.45, 2.75) is 45.6 Å². The summed E-state index contributed by atoms with van der Waals surface area (Å²) in [4.78, 5) is 2.22. The quantitative estimate of drug-likeness (QED) is 0.663. The summed E-state index contributed by atoms with van der Waals surface area (Å²) in [6.07, 6.45) is 3.49. The van der Waals surface area contributed by atoms with Gasteiger partial charge in [-0.1, -0.05) is 26.7 Å². The van der Waals surface area contributed by atoms with Crippen LogP contribution in [0, 0.1) is 0 Å². The number of aliphatic hydroxyl groups is 1. The van der Waals surface area contributed by atoms with Crippen molar-refractivity contribution in [3.05, 3.63) is 0 Å². The van der Waals surface area contributed by atoms with Crippen LogP contribution in [0.5, 0.6) is 0 Å². The molecule has 0 heterocycles. The number of nitrogens with zero attached hydrogens (tertiary/aromatic N) is 1. The molecule has 0 aromatic carbocycles. The third-order valence-corrected chi connectivity index (χ3v) is 2.81. The molecule has 0 rings (SSSR count). The monoisotopic (exact) mass is 173 g/mol. The summed E-state index contributed by atoms with van der Waals surface area (Å²) < 4.78 is 0. The molecule has 0 radical (unpaired) electrons. The minimum Gasteiger partial charge on any atom is -0.394 e. The van der Waals surface area contributed by atoms with Crippen molar-refractivity contribution in [2.75, 3.05) is 20.2 Å². The third-order valence-electron chi connectivity index (χ3n) is 2.81. The molecule has 2 nitrogen and oxygen atoms in total. The lowest BCUT2D eigenvalue weighted by atomic mass is 9.94. The Labute approximate surface area is 76.6 Å². The maximum atomic E-state index is 9.27. The average Bonchev–Trinajstić information content (AvgIpc) is 2.12. The molecular formula is C10H23NO. The molecule has 1 atom stereocenters. The van der Waals surface area contributed by atoms with Gasteiger partial charge in [0, 0.05) is 5.54 Å². The van der Waals surface area contributed by atoms with Gasteiger partial charge in [-0.3, -0.25) is 4.90 Å². The Morgan fingerprint density at radius 1 is 1.33 bits per heavy atom. The van der Waals surface area contributed by atoms with Gasteiger partial charge in [-0.15, -0.1) is 0 Å². The van der Waals surface area contributed by atoms with Crippen molar-refractivity contribution >= 4 is 0 Å². The van der Waals surface area contributed by atoms with Gasteiger partial charge in [-0.05, 0) is 26.9 Å². The van der Waals surface area contributed by atoms with Crippen molar-refractivity contribution in [2.24, 2.45) is 0 Å². The number of hydrogen-bond acceptors (Lipinski definition) is 2. The van der Waals surface area contributed by atoms with Crippen LogP contribution in [0.1, 0.15) is 40.0 Å². The minimum absolute atomic E-state index is 0.00917. The number of likely N-dealkylation sites (N-methyl/N-ethyl adjacent to an activating group) is 1. The number of rotatable bonds is 6. The van der Waals surface area contributed by atoms with Crippen LogP contribution in [0.3, 0.4) is 0 Å². The second-order valence-corrected chi connectivity index (χ2v) is 3.77. The minimum atomic E-state index is -0.00917. The maximum Gasteiger partial charge on any atom is 0.0612 e. The van der Waals surface area contributed by atoms with E-state index in [1.165, 1.54) is 12.8 Å². The first-order valence-corrected chi connectivity index (χ1v) is 4.92. The highest BCUT2D eigenvalue weighted by molar-refractivity contribution is 4.82. The third kappa shape index (κ3) is 3.11. The fourth-order valence-electron chi connectivity index (χ4n) is 1.33. The summed E-state index contributed by atoms with van der Waals surface area (Å²) in [6, 6.07) is 0. The van der Waals surface area contributed by atoms with Crippen LogP contribution in [0.25, 0.3) is 0 Å². The molecule has 0 saturated carbocycles. The zero-order valence-electron chi connectivity index (χ0n) is 8.93. The Hall–Kier alpha value is -0.0800. The molecule has 0 amide bonds. The van der Waals surface area contributed by atoms with Crippen LogP contribution in [-0.2, 0) is 0 Å². The largest absolute Gasteiger partial charge is 0.394 e. The Morgan fingerprint density at radius 2 is 1.92 bits per heavy atom. The van der Waals surface area contributed by atoms with E-state index in [1.54, 1.807) is 0 Å². The maximum absolute atomic E-state index is 9.27. The summed E-state index contributed by atoms with van der Waals surface area (Å²) in [6.45, 7) is 7.70. The highest BCUT2D eigenvalue weighted by atomic mass is 16.3. The lowest BCUT2D eigenvalue weighted by Crippen LogP contribution is -2.46. The van der Waals surface area contributed by atoms with Crippen LogP contribution in [0.15, 0.2) is 0 Å². The van der Waals surface area contributed by atoms with E-state index in [0.29, 0.717) is 0 Å². The van der Waals surface area contributed by atoms with E-state index in [1.807, 2.05) is 0 Å². The van der Waals surface area contributed by atoms with E-state index in [9.17, 15) is 5.11 Å². The van der Waals surface area contributed by atoms with Crippen molar-refractivity contribution in [3.63, 3.8) is 0 Å². The highest BCUT2D eigenvalue weighted by Gasteiger charge is 2.26. The van der Waals surface area contributed by atoms with E-state index in [0.717, 1.165) is 13.0 Å². The molecule has 1 N–H and O–H groups in total. The first kappa shape index (κ1) is 11.9. The Balaban J connectivity index is 4.03. The average molecular weight is 173 g/mol. The smallest absolute Gasteiger partial charge is 0.0612 e. The van der Waals surface area contributed by atoms with Gasteiger partial charge in [-0.2, -0.15) is 0 Å². The van der Waals surface area contributed by atoms with Crippen LogP contribution >= 0.6 is 0 Å². The predicted molar refractivity (Wildman–Crippen MR) is 53.3 cm³/mol. The Kier molecular flexibility index (Phi) is 5.51. The van der Waals surface area contributed by atoms with Crippen LogP contribution < -0.4 is 0 Å². The molecule has 0 aromatic rings. The van der Waals surface area contributed by atoms with E-state index < -0.39 is 0 Å². The summed E-state index contributed by atoms with van der Waals surface area (Å²) in [5.74, 6) is 0. The van der Waals surface area contributed by atoms with Crippen molar-refractivity contribution in [3.8, 4) is 0 Å². The van der Waals surface area contributed by atoms with Gasteiger partial charge in [0.2, 0.25) is 0 Å². The number of unbranched alkanes of at least 4 members (excludes halogenated alkanes) is 1. The van der Waals surface area contributed by atoms with Gasteiger partial charge in [0.25, 0.3) is 0 Å². The van der Waals surface area contributed by atoms with E-state index in [4.69, 9.17) is 0 Å². The topological polar surface area (TPSA) is 23.5 Å². The Morgan fingerprint density at radius 3 is 2.25 bits per heavy atom. The molecule has 0 aliphatic rings. The van der Waals surface area contributed by atoms with Gasteiger partial charge < -0.3 is 5.11 Å². The predicted octanol–water partition coefficient (Wildman–Crippen LogP) is 1.88. The summed E-state index contributed by atoms with van der Waals surface area (Å²) in [7, 11) is 2.08. The van der Waals surface area contributed by atoms with Crippen LogP contribution in [0.2, 0.25) is 0 Å². The molecule has 2 heteroatoms. The second kappa shape index (κ2) is 5.55. The van der Waals surface area contributed by atoms with Gasteiger partial charge in [0.05, 0.1) is 6.61 Å². The molecule has 0 aromatic heterocycles.